The second kappa shape index (κ2) is 5.62. The van der Waals surface area contributed by atoms with Gasteiger partial charge in [-0.25, -0.2) is 0 Å². The van der Waals surface area contributed by atoms with Crippen LogP contribution in [0.3, 0.4) is 0 Å². The average Bonchev–Trinajstić information content (AvgIpc) is 2.82. The zero-order valence-electron chi connectivity index (χ0n) is 9.93. The van der Waals surface area contributed by atoms with Crippen molar-refractivity contribution in [3.05, 3.63) is 0 Å². The zero-order chi connectivity index (χ0) is 12.1. The molecule has 1 saturated heterocycles. The van der Waals surface area contributed by atoms with Gasteiger partial charge in [0.25, 0.3) is 0 Å². The van der Waals surface area contributed by atoms with Crippen LogP contribution in [0.1, 0.15) is 12.8 Å². The molecule has 2 heterocycles. The smallest absolute Gasteiger partial charge is 0.323 e. The van der Waals surface area contributed by atoms with Crippen molar-refractivity contribution < 1.29 is 9.47 Å². The third kappa shape index (κ3) is 3.16. The highest BCUT2D eigenvalue weighted by Gasteiger charge is 2.17. The van der Waals surface area contributed by atoms with E-state index in [1.54, 1.807) is 7.11 Å². The number of anilines is 2. The standard InChI is InChI=1S/C10H17N5O2/c1-16-6-7-17-10-13-8(11)12-9(14-10)15-4-2-3-5-15/h2-7H2,1H3,(H2,11,12,13,14). The first-order valence-corrected chi connectivity index (χ1v) is 5.68. The van der Waals surface area contributed by atoms with E-state index < -0.39 is 0 Å². The summed E-state index contributed by atoms with van der Waals surface area (Å²) in [6, 6.07) is 0.261. The van der Waals surface area contributed by atoms with Gasteiger partial charge in [0, 0.05) is 20.2 Å². The van der Waals surface area contributed by atoms with Gasteiger partial charge in [0.05, 0.1) is 6.61 Å². The fraction of sp³-hybridized carbons (Fsp3) is 0.700. The van der Waals surface area contributed by atoms with E-state index in [9.17, 15) is 0 Å². The summed E-state index contributed by atoms with van der Waals surface area (Å²) in [6.07, 6.45) is 2.32. The monoisotopic (exact) mass is 239 g/mol. The van der Waals surface area contributed by atoms with E-state index in [0.717, 1.165) is 25.9 Å². The molecule has 1 aliphatic heterocycles. The van der Waals surface area contributed by atoms with Crippen LogP contribution in [-0.2, 0) is 4.74 Å². The second-order valence-electron chi connectivity index (χ2n) is 3.81. The van der Waals surface area contributed by atoms with Gasteiger partial charge < -0.3 is 20.1 Å². The van der Waals surface area contributed by atoms with Crippen molar-refractivity contribution in [1.29, 1.82) is 0 Å². The minimum Gasteiger partial charge on any atom is -0.461 e. The first-order chi connectivity index (χ1) is 8.29. The number of aromatic nitrogens is 3. The number of nitrogens with two attached hydrogens (primary N) is 1. The lowest BCUT2D eigenvalue weighted by molar-refractivity contribution is 0.141. The summed E-state index contributed by atoms with van der Waals surface area (Å²) in [5.41, 5.74) is 5.63. The van der Waals surface area contributed by atoms with Gasteiger partial charge in [-0.2, -0.15) is 15.0 Å². The van der Waals surface area contributed by atoms with Crippen molar-refractivity contribution in [2.24, 2.45) is 0 Å². The maximum atomic E-state index is 5.63. The average molecular weight is 239 g/mol. The van der Waals surface area contributed by atoms with Crippen molar-refractivity contribution in [3.8, 4) is 6.01 Å². The Labute approximate surface area is 100.0 Å². The molecule has 1 aliphatic rings. The molecule has 1 aromatic heterocycles. The van der Waals surface area contributed by atoms with E-state index in [2.05, 4.69) is 19.9 Å². The number of methoxy groups -OCH3 is 1. The van der Waals surface area contributed by atoms with Gasteiger partial charge in [-0.1, -0.05) is 0 Å². The molecule has 0 radical (unpaired) electrons. The third-order valence-electron chi connectivity index (χ3n) is 2.53. The van der Waals surface area contributed by atoms with Crippen LogP contribution < -0.4 is 15.4 Å². The maximum absolute atomic E-state index is 5.63. The molecule has 0 amide bonds. The lowest BCUT2D eigenvalue weighted by atomic mass is 10.4. The van der Waals surface area contributed by atoms with Crippen LogP contribution in [0.4, 0.5) is 11.9 Å². The topological polar surface area (TPSA) is 86.4 Å². The Morgan fingerprint density at radius 3 is 2.65 bits per heavy atom. The Balaban J connectivity index is 2.05. The predicted octanol–water partition coefficient (Wildman–Crippen LogP) is 0.0792. The second-order valence-corrected chi connectivity index (χ2v) is 3.81. The quantitative estimate of drug-likeness (QED) is 0.728. The minimum atomic E-state index is 0.189. The molecule has 0 unspecified atom stereocenters. The fourth-order valence-corrected chi connectivity index (χ4v) is 1.70. The summed E-state index contributed by atoms with van der Waals surface area (Å²) in [4.78, 5) is 14.4. The normalized spacial score (nSPS) is 15.2. The van der Waals surface area contributed by atoms with Crippen LogP contribution in [0.15, 0.2) is 0 Å². The highest BCUT2D eigenvalue weighted by atomic mass is 16.5. The van der Waals surface area contributed by atoms with E-state index >= 15 is 0 Å². The maximum Gasteiger partial charge on any atom is 0.323 e. The van der Waals surface area contributed by atoms with Crippen molar-refractivity contribution in [3.63, 3.8) is 0 Å². The van der Waals surface area contributed by atoms with Gasteiger partial charge >= 0.3 is 6.01 Å². The Bertz CT molecular complexity index is 368. The van der Waals surface area contributed by atoms with E-state index in [4.69, 9.17) is 15.2 Å². The Morgan fingerprint density at radius 1 is 1.18 bits per heavy atom. The molecule has 17 heavy (non-hydrogen) atoms. The third-order valence-corrected chi connectivity index (χ3v) is 2.53. The molecule has 94 valence electrons. The molecule has 1 aromatic rings. The summed E-state index contributed by atoms with van der Waals surface area (Å²) in [5.74, 6) is 0.789. The van der Waals surface area contributed by atoms with E-state index in [-0.39, 0.29) is 12.0 Å². The highest BCUT2D eigenvalue weighted by Crippen LogP contribution is 2.18. The van der Waals surface area contributed by atoms with E-state index in [0.29, 0.717) is 19.2 Å². The molecule has 0 spiro atoms. The lowest BCUT2D eigenvalue weighted by Gasteiger charge is -2.15. The number of rotatable bonds is 5. The Morgan fingerprint density at radius 2 is 1.94 bits per heavy atom. The van der Waals surface area contributed by atoms with Gasteiger partial charge in [-0.05, 0) is 12.8 Å². The van der Waals surface area contributed by atoms with Crippen LogP contribution in [-0.4, -0.2) is 48.4 Å². The first kappa shape index (κ1) is 11.8. The molecule has 0 aromatic carbocycles. The fourth-order valence-electron chi connectivity index (χ4n) is 1.70. The molecule has 7 nitrogen and oxygen atoms in total. The zero-order valence-corrected chi connectivity index (χ0v) is 9.93. The van der Waals surface area contributed by atoms with Gasteiger partial charge in [0.1, 0.15) is 6.61 Å². The summed E-state index contributed by atoms with van der Waals surface area (Å²) >= 11 is 0. The number of ether oxygens (including phenoxy) is 2. The number of nitrogens with zero attached hydrogens (tertiary/aromatic N) is 4. The molecule has 0 bridgehead atoms. The lowest BCUT2D eigenvalue weighted by Crippen LogP contribution is -2.22. The van der Waals surface area contributed by atoms with E-state index in [1.165, 1.54) is 0 Å². The number of hydrogen-bond acceptors (Lipinski definition) is 7. The van der Waals surface area contributed by atoms with Gasteiger partial charge in [-0.3, -0.25) is 0 Å². The van der Waals surface area contributed by atoms with Crippen molar-refractivity contribution in [1.82, 2.24) is 15.0 Å². The minimum absolute atomic E-state index is 0.189. The molecule has 2 rings (SSSR count). The molecule has 7 heteroatoms. The Kier molecular flexibility index (Phi) is 3.92. The van der Waals surface area contributed by atoms with E-state index in [1.807, 2.05) is 0 Å². The molecule has 0 saturated carbocycles. The number of nitrogen functional groups attached to an aromatic ring is 1. The van der Waals surface area contributed by atoms with Crippen LogP contribution in [0.5, 0.6) is 6.01 Å². The Hall–Kier alpha value is -1.63. The molecular formula is C10H17N5O2. The summed E-state index contributed by atoms with van der Waals surface area (Å²) in [6.45, 7) is 2.81. The molecule has 0 aliphatic carbocycles. The molecule has 1 fully saturated rings. The van der Waals surface area contributed by atoms with Crippen molar-refractivity contribution >= 4 is 11.9 Å². The summed E-state index contributed by atoms with van der Waals surface area (Å²) in [7, 11) is 1.61. The largest absolute Gasteiger partial charge is 0.461 e. The van der Waals surface area contributed by atoms with Crippen molar-refractivity contribution in [2.75, 3.05) is 44.0 Å². The van der Waals surface area contributed by atoms with Crippen LogP contribution >= 0.6 is 0 Å². The molecular weight excluding hydrogens is 222 g/mol. The van der Waals surface area contributed by atoms with Gasteiger partial charge in [0.2, 0.25) is 11.9 Å². The summed E-state index contributed by atoms with van der Waals surface area (Å²) < 4.78 is 10.2. The SMILES string of the molecule is COCCOc1nc(N)nc(N2CCCC2)n1. The van der Waals surface area contributed by atoms with Crippen LogP contribution in [0, 0.1) is 0 Å². The molecule has 0 atom stereocenters. The summed E-state index contributed by atoms with van der Waals surface area (Å²) in [5, 5.41) is 0. The predicted molar refractivity (Wildman–Crippen MR) is 63.1 cm³/mol. The van der Waals surface area contributed by atoms with Crippen LogP contribution in [0.25, 0.3) is 0 Å². The van der Waals surface area contributed by atoms with Crippen molar-refractivity contribution in [2.45, 2.75) is 12.8 Å². The highest BCUT2D eigenvalue weighted by molar-refractivity contribution is 5.36. The first-order valence-electron chi connectivity index (χ1n) is 5.68. The molecule has 2 N–H and O–H groups in total. The van der Waals surface area contributed by atoms with Gasteiger partial charge in [0.15, 0.2) is 0 Å². The van der Waals surface area contributed by atoms with Gasteiger partial charge in [-0.15, -0.1) is 0 Å². The number of hydrogen-bond donors (Lipinski definition) is 1. The van der Waals surface area contributed by atoms with Crippen LogP contribution in [0.2, 0.25) is 0 Å².